The Balaban J connectivity index is 1.83. The van der Waals surface area contributed by atoms with Gasteiger partial charge in [0.15, 0.2) is 0 Å². The highest BCUT2D eigenvalue weighted by Gasteiger charge is 2.22. The number of hydrogen-bond donors (Lipinski definition) is 1. The van der Waals surface area contributed by atoms with Crippen LogP contribution in [-0.4, -0.2) is 49.0 Å². The molecule has 2 amide bonds. The first kappa shape index (κ1) is 18.6. The maximum atomic E-state index is 12.5. The standard InChI is InChI=1S/C20H21N3O4/c1-23(19(25)13-26-2)12-18(24)22-20(15-7-5-9-21-11-15)17-10-14-6-3-4-8-16(14)27-17/h3-11,20H,12-13H2,1-2H3,(H,22,24). The molecule has 1 atom stereocenters. The maximum absolute atomic E-state index is 12.5. The van der Waals surface area contributed by atoms with E-state index >= 15 is 0 Å². The Hall–Kier alpha value is -3.19. The van der Waals surface area contributed by atoms with Crippen LogP contribution in [0.2, 0.25) is 0 Å². The third-order valence-electron chi connectivity index (χ3n) is 4.13. The van der Waals surface area contributed by atoms with Gasteiger partial charge >= 0.3 is 0 Å². The number of methoxy groups -OCH3 is 1. The molecule has 0 aliphatic heterocycles. The first-order chi connectivity index (χ1) is 13.1. The second kappa shape index (κ2) is 8.46. The number of nitrogens with zero attached hydrogens (tertiary/aromatic N) is 2. The topological polar surface area (TPSA) is 84.7 Å². The Kier molecular flexibility index (Phi) is 5.83. The minimum absolute atomic E-state index is 0.0701. The van der Waals surface area contributed by atoms with Crippen LogP contribution < -0.4 is 5.32 Å². The van der Waals surface area contributed by atoms with Gasteiger partial charge in [0, 0.05) is 37.5 Å². The third-order valence-corrected chi connectivity index (χ3v) is 4.13. The smallest absolute Gasteiger partial charge is 0.248 e. The monoisotopic (exact) mass is 367 g/mol. The predicted molar refractivity (Wildman–Crippen MR) is 99.9 cm³/mol. The van der Waals surface area contributed by atoms with Gasteiger partial charge in [0.2, 0.25) is 11.8 Å². The van der Waals surface area contributed by atoms with Gasteiger partial charge in [0.05, 0.1) is 6.54 Å². The van der Waals surface area contributed by atoms with Crippen molar-refractivity contribution in [2.75, 3.05) is 27.3 Å². The van der Waals surface area contributed by atoms with E-state index in [0.29, 0.717) is 5.76 Å². The molecule has 140 valence electrons. The van der Waals surface area contributed by atoms with Gasteiger partial charge in [-0.3, -0.25) is 14.6 Å². The van der Waals surface area contributed by atoms with Crippen LogP contribution in [0.3, 0.4) is 0 Å². The molecule has 27 heavy (non-hydrogen) atoms. The molecule has 3 aromatic rings. The Morgan fingerprint density at radius 3 is 2.78 bits per heavy atom. The number of aromatic nitrogens is 1. The minimum Gasteiger partial charge on any atom is -0.459 e. The zero-order valence-corrected chi connectivity index (χ0v) is 15.2. The number of hydrogen-bond acceptors (Lipinski definition) is 5. The van der Waals surface area contributed by atoms with Crippen LogP contribution in [0.5, 0.6) is 0 Å². The van der Waals surface area contributed by atoms with Crippen molar-refractivity contribution in [3.8, 4) is 0 Å². The van der Waals surface area contributed by atoms with E-state index in [1.54, 1.807) is 25.5 Å². The zero-order valence-electron chi connectivity index (χ0n) is 15.2. The van der Waals surface area contributed by atoms with Gasteiger partial charge in [-0.15, -0.1) is 0 Å². The molecule has 0 saturated carbocycles. The van der Waals surface area contributed by atoms with Gasteiger partial charge in [0.1, 0.15) is 24.0 Å². The molecule has 0 spiro atoms. The highest BCUT2D eigenvalue weighted by atomic mass is 16.5. The van der Waals surface area contributed by atoms with E-state index in [4.69, 9.17) is 9.15 Å². The van der Waals surface area contributed by atoms with Gasteiger partial charge in [-0.1, -0.05) is 24.3 Å². The fraction of sp³-hybridized carbons (Fsp3) is 0.250. The summed E-state index contributed by atoms with van der Waals surface area (Å²) < 4.78 is 10.7. The number of ether oxygens (including phenoxy) is 1. The van der Waals surface area contributed by atoms with Crippen molar-refractivity contribution in [2.45, 2.75) is 6.04 Å². The number of likely N-dealkylation sites (N-methyl/N-ethyl adjacent to an activating group) is 1. The van der Waals surface area contributed by atoms with Crippen LogP contribution >= 0.6 is 0 Å². The second-order valence-electron chi connectivity index (χ2n) is 6.16. The number of amides is 2. The molecular formula is C20H21N3O4. The van der Waals surface area contributed by atoms with Crippen molar-refractivity contribution >= 4 is 22.8 Å². The summed E-state index contributed by atoms with van der Waals surface area (Å²) >= 11 is 0. The molecule has 3 rings (SSSR count). The summed E-state index contributed by atoms with van der Waals surface area (Å²) in [7, 11) is 2.99. The van der Waals surface area contributed by atoms with Crippen LogP contribution in [-0.2, 0) is 14.3 Å². The fourth-order valence-corrected chi connectivity index (χ4v) is 2.75. The van der Waals surface area contributed by atoms with E-state index in [1.165, 1.54) is 12.0 Å². The second-order valence-corrected chi connectivity index (χ2v) is 6.16. The first-order valence-corrected chi connectivity index (χ1v) is 8.49. The lowest BCUT2D eigenvalue weighted by molar-refractivity contribution is -0.137. The summed E-state index contributed by atoms with van der Waals surface area (Å²) in [6.45, 7) is -0.154. The molecule has 0 saturated heterocycles. The number of nitrogens with one attached hydrogen (secondary N) is 1. The first-order valence-electron chi connectivity index (χ1n) is 8.49. The molecular weight excluding hydrogens is 346 g/mol. The summed E-state index contributed by atoms with van der Waals surface area (Å²) in [6.07, 6.45) is 3.34. The maximum Gasteiger partial charge on any atom is 0.248 e. The van der Waals surface area contributed by atoms with Crippen molar-refractivity contribution in [1.82, 2.24) is 15.2 Å². The van der Waals surface area contributed by atoms with Crippen LogP contribution in [0.4, 0.5) is 0 Å². The number of furan rings is 1. The van der Waals surface area contributed by atoms with Crippen LogP contribution in [0.15, 0.2) is 59.3 Å². The molecule has 7 heteroatoms. The number of carbonyl (C=O) groups excluding carboxylic acids is 2. The molecule has 0 bridgehead atoms. The highest BCUT2D eigenvalue weighted by molar-refractivity contribution is 5.85. The highest BCUT2D eigenvalue weighted by Crippen LogP contribution is 2.28. The van der Waals surface area contributed by atoms with Gasteiger partial charge in [-0.05, 0) is 18.2 Å². The number of rotatable bonds is 7. The Morgan fingerprint density at radius 1 is 1.26 bits per heavy atom. The molecule has 0 aliphatic carbocycles. The van der Waals surface area contributed by atoms with Crippen molar-refractivity contribution in [1.29, 1.82) is 0 Å². The number of para-hydroxylation sites is 1. The largest absolute Gasteiger partial charge is 0.459 e. The normalized spacial score (nSPS) is 11.9. The lowest BCUT2D eigenvalue weighted by Gasteiger charge is -2.20. The van der Waals surface area contributed by atoms with E-state index in [2.05, 4.69) is 10.3 Å². The molecule has 1 N–H and O–H groups in total. The van der Waals surface area contributed by atoms with Crippen LogP contribution in [0, 0.1) is 0 Å². The van der Waals surface area contributed by atoms with E-state index in [1.807, 2.05) is 36.4 Å². The SMILES string of the molecule is COCC(=O)N(C)CC(=O)NC(c1cccnc1)c1cc2ccccc2o1. The fourth-order valence-electron chi connectivity index (χ4n) is 2.75. The predicted octanol–water partition coefficient (Wildman–Crippen LogP) is 2.14. The van der Waals surface area contributed by atoms with Gasteiger partial charge in [-0.25, -0.2) is 0 Å². The Morgan fingerprint density at radius 2 is 2.07 bits per heavy atom. The van der Waals surface area contributed by atoms with Crippen molar-refractivity contribution in [3.05, 3.63) is 66.2 Å². The van der Waals surface area contributed by atoms with E-state index < -0.39 is 6.04 Å². The average molecular weight is 367 g/mol. The van der Waals surface area contributed by atoms with E-state index in [9.17, 15) is 9.59 Å². The van der Waals surface area contributed by atoms with Crippen molar-refractivity contribution in [2.24, 2.45) is 0 Å². The molecule has 1 aromatic carbocycles. The van der Waals surface area contributed by atoms with Gasteiger partial charge in [-0.2, -0.15) is 0 Å². The summed E-state index contributed by atoms with van der Waals surface area (Å²) in [5.41, 5.74) is 1.53. The Labute approximate surface area is 156 Å². The van der Waals surface area contributed by atoms with Crippen LogP contribution in [0.1, 0.15) is 17.4 Å². The van der Waals surface area contributed by atoms with Gasteiger partial charge < -0.3 is 19.4 Å². The van der Waals surface area contributed by atoms with E-state index in [0.717, 1.165) is 16.5 Å². The Bertz CT molecular complexity index is 890. The van der Waals surface area contributed by atoms with E-state index in [-0.39, 0.29) is 25.0 Å². The van der Waals surface area contributed by atoms with Gasteiger partial charge in [0.25, 0.3) is 0 Å². The molecule has 0 fully saturated rings. The minimum atomic E-state index is -0.510. The number of benzene rings is 1. The quantitative estimate of drug-likeness (QED) is 0.692. The summed E-state index contributed by atoms with van der Waals surface area (Å²) in [4.78, 5) is 29.8. The number of pyridine rings is 1. The van der Waals surface area contributed by atoms with Crippen molar-refractivity contribution < 1.29 is 18.7 Å². The lowest BCUT2D eigenvalue weighted by Crippen LogP contribution is -2.41. The van der Waals surface area contributed by atoms with Crippen LogP contribution in [0.25, 0.3) is 11.0 Å². The average Bonchev–Trinajstić information content (AvgIpc) is 3.10. The molecule has 2 aromatic heterocycles. The lowest BCUT2D eigenvalue weighted by atomic mass is 10.1. The molecule has 1 unspecified atom stereocenters. The molecule has 7 nitrogen and oxygen atoms in total. The summed E-state index contributed by atoms with van der Waals surface area (Å²) in [5.74, 6) is 0.0222. The molecule has 2 heterocycles. The zero-order chi connectivity index (χ0) is 19.2. The number of carbonyl (C=O) groups is 2. The molecule has 0 aliphatic rings. The summed E-state index contributed by atoms with van der Waals surface area (Å²) in [5, 5.41) is 3.88. The molecule has 0 radical (unpaired) electrons. The number of fused-ring (bicyclic) bond motifs is 1. The van der Waals surface area contributed by atoms with Crippen molar-refractivity contribution in [3.63, 3.8) is 0 Å². The third kappa shape index (κ3) is 4.51. The summed E-state index contributed by atoms with van der Waals surface area (Å²) in [6, 6.07) is 12.7.